The molecule has 1 fully saturated rings. The minimum atomic E-state index is -0.703. The SMILES string of the molecule is CC1(Cc2sc(-c3ccc(F)cc3F)nc2C(C)(C)c2cccc(-c3ccc(F)cc3F)n2)CCCCCCC1. The quantitative estimate of drug-likeness (QED) is 0.217. The molecule has 1 aliphatic rings. The Morgan fingerprint density at radius 3 is 2.00 bits per heavy atom. The van der Waals surface area contributed by atoms with Gasteiger partial charge in [0.2, 0.25) is 0 Å². The Kier molecular flexibility index (Phi) is 8.14. The normalized spacial score (nSPS) is 16.0. The van der Waals surface area contributed by atoms with Gasteiger partial charge in [-0.1, -0.05) is 45.1 Å². The zero-order valence-electron chi connectivity index (χ0n) is 23.2. The Hall–Kier alpha value is -3.06. The van der Waals surface area contributed by atoms with Gasteiger partial charge in [-0.2, -0.15) is 0 Å². The number of hydrogen-bond donors (Lipinski definition) is 0. The molecule has 5 rings (SSSR count). The maximum atomic E-state index is 14.9. The van der Waals surface area contributed by atoms with Crippen molar-refractivity contribution in [1.29, 1.82) is 0 Å². The second-order valence-electron chi connectivity index (χ2n) is 11.8. The second-order valence-corrected chi connectivity index (χ2v) is 12.9. The van der Waals surface area contributed by atoms with E-state index >= 15 is 0 Å². The highest BCUT2D eigenvalue weighted by Gasteiger charge is 2.35. The van der Waals surface area contributed by atoms with E-state index in [0.29, 0.717) is 16.4 Å². The molecule has 0 aliphatic heterocycles. The molecule has 0 N–H and O–H groups in total. The summed E-state index contributed by atoms with van der Waals surface area (Å²) in [5.74, 6) is -2.60. The van der Waals surface area contributed by atoms with E-state index in [4.69, 9.17) is 9.97 Å². The van der Waals surface area contributed by atoms with Crippen molar-refractivity contribution in [3.05, 3.63) is 94.1 Å². The van der Waals surface area contributed by atoms with Crippen LogP contribution in [-0.4, -0.2) is 9.97 Å². The Labute approximate surface area is 237 Å². The van der Waals surface area contributed by atoms with Crippen molar-refractivity contribution >= 4 is 11.3 Å². The number of hydrogen-bond acceptors (Lipinski definition) is 3. The van der Waals surface area contributed by atoms with Crippen LogP contribution >= 0.6 is 11.3 Å². The summed E-state index contributed by atoms with van der Waals surface area (Å²) < 4.78 is 56.8. The molecule has 0 bridgehead atoms. The van der Waals surface area contributed by atoms with Crippen molar-refractivity contribution in [2.75, 3.05) is 0 Å². The molecule has 0 saturated heterocycles. The van der Waals surface area contributed by atoms with Gasteiger partial charge >= 0.3 is 0 Å². The van der Waals surface area contributed by atoms with Crippen LogP contribution in [0.4, 0.5) is 17.6 Å². The van der Waals surface area contributed by atoms with Gasteiger partial charge in [-0.15, -0.1) is 11.3 Å². The van der Waals surface area contributed by atoms with Crippen LogP contribution in [0.25, 0.3) is 21.8 Å². The molecule has 1 aliphatic carbocycles. The zero-order valence-corrected chi connectivity index (χ0v) is 24.0. The van der Waals surface area contributed by atoms with Crippen molar-refractivity contribution in [2.24, 2.45) is 5.41 Å². The molecule has 0 radical (unpaired) electrons. The number of halogens is 4. The van der Waals surface area contributed by atoms with E-state index in [2.05, 4.69) is 6.92 Å². The Morgan fingerprint density at radius 2 is 1.38 bits per heavy atom. The Balaban J connectivity index is 1.60. The predicted molar refractivity (Wildman–Crippen MR) is 153 cm³/mol. The summed E-state index contributed by atoms with van der Waals surface area (Å²) in [4.78, 5) is 10.8. The third-order valence-corrected chi connectivity index (χ3v) is 9.28. The van der Waals surface area contributed by atoms with Crippen LogP contribution in [-0.2, 0) is 11.8 Å². The minimum Gasteiger partial charge on any atom is -0.252 e. The van der Waals surface area contributed by atoms with Crippen LogP contribution in [0.3, 0.4) is 0 Å². The molecule has 7 heteroatoms. The summed E-state index contributed by atoms with van der Waals surface area (Å²) in [6.45, 7) is 6.37. The summed E-state index contributed by atoms with van der Waals surface area (Å²) >= 11 is 1.46. The standard InChI is InChI=1S/C33H34F4N2S/c1-32(2,29-11-9-10-27(38-29)23-14-12-21(34)18-25(23)36)30-28(20-33(3)16-7-5-4-6-8-17-33)40-31(39-30)24-15-13-22(35)19-26(24)37/h9-15,18-19H,4-8,16-17,20H2,1-3H3. The van der Waals surface area contributed by atoms with Gasteiger partial charge in [-0.05, 0) is 74.9 Å². The van der Waals surface area contributed by atoms with Crippen LogP contribution in [0.2, 0.25) is 0 Å². The van der Waals surface area contributed by atoms with Crippen molar-refractivity contribution in [3.63, 3.8) is 0 Å². The van der Waals surface area contributed by atoms with Crippen LogP contribution in [0.1, 0.15) is 82.0 Å². The predicted octanol–water partition coefficient (Wildman–Crippen LogP) is 10.0. The highest BCUT2D eigenvalue weighted by Crippen LogP contribution is 2.44. The lowest BCUT2D eigenvalue weighted by Gasteiger charge is -2.33. The van der Waals surface area contributed by atoms with Crippen molar-refractivity contribution < 1.29 is 17.6 Å². The molecule has 2 nitrogen and oxygen atoms in total. The van der Waals surface area contributed by atoms with E-state index in [1.165, 1.54) is 67.7 Å². The van der Waals surface area contributed by atoms with Gasteiger partial charge in [-0.25, -0.2) is 22.5 Å². The van der Waals surface area contributed by atoms with Gasteiger partial charge in [0.05, 0.1) is 22.5 Å². The first-order valence-electron chi connectivity index (χ1n) is 13.9. The van der Waals surface area contributed by atoms with Gasteiger partial charge in [0.25, 0.3) is 0 Å². The lowest BCUT2D eigenvalue weighted by Crippen LogP contribution is -2.26. The molecule has 2 aromatic heterocycles. The lowest BCUT2D eigenvalue weighted by molar-refractivity contribution is 0.235. The smallest absolute Gasteiger partial charge is 0.136 e. The maximum absolute atomic E-state index is 14.9. The molecule has 2 aromatic carbocycles. The summed E-state index contributed by atoms with van der Waals surface area (Å²) in [6.07, 6.45) is 9.14. The molecule has 0 amide bonds. The van der Waals surface area contributed by atoms with Crippen molar-refractivity contribution in [3.8, 4) is 21.8 Å². The zero-order chi connectivity index (χ0) is 28.5. The number of thiazole rings is 1. The average Bonchev–Trinajstić information content (AvgIpc) is 3.30. The summed E-state index contributed by atoms with van der Waals surface area (Å²) in [6, 6.07) is 12.4. The number of pyridine rings is 1. The first-order chi connectivity index (χ1) is 19.1. The molecule has 0 spiro atoms. The van der Waals surface area contributed by atoms with Crippen molar-refractivity contribution in [2.45, 2.75) is 77.6 Å². The first-order valence-corrected chi connectivity index (χ1v) is 14.8. The van der Waals surface area contributed by atoms with E-state index < -0.39 is 28.7 Å². The van der Waals surface area contributed by atoms with E-state index in [-0.39, 0.29) is 16.5 Å². The molecule has 0 unspecified atom stereocenters. The lowest BCUT2D eigenvalue weighted by atomic mass is 9.73. The summed E-state index contributed by atoms with van der Waals surface area (Å²) in [7, 11) is 0. The minimum absolute atomic E-state index is 0.0862. The van der Waals surface area contributed by atoms with E-state index in [1.807, 2.05) is 26.0 Å². The molecule has 2 heterocycles. The molecule has 4 aromatic rings. The monoisotopic (exact) mass is 566 g/mol. The molecular formula is C33H34F4N2S. The molecule has 0 atom stereocenters. The van der Waals surface area contributed by atoms with E-state index in [0.717, 1.165) is 42.0 Å². The highest BCUT2D eigenvalue weighted by atomic mass is 32.1. The number of rotatable bonds is 6. The fraction of sp³-hybridized carbons (Fsp3) is 0.394. The Bertz CT molecular complexity index is 1500. The van der Waals surface area contributed by atoms with Crippen LogP contribution in [0.15, 0.2) is 54.6 Å². The maximum Gasteiger partial charge on any atom is 0.136 e. The molecule has 1 saturated carbocycles. The van der Waals surface area contributed by atoms with E-state index in [1.54, 1.807) is 6.07 Å². The first kappa shape index (κ1) is 28.5. The van der Waals surface area contributed by atoms with Gasteiger partial charge < -0.3 is 0 Å². The Morgan fingerprint density at radius 1 is 0.775 bits per heavy atom. The fourth-order valence-electron chi connectivity index (χ4n) is 5.81. The summed E-state index contributed by atoms with van der Waals surface area (Å²) in [5.41, 5.74) is 1.74. The largest absolute Gasteiger partial charge is 0.252 e. The van der Waals surface area contributed by atoms with Gasteiger partial charge in [0, 0.05) is 28.1 Å². The molecule has 40 heavy (non-hydrogen) atoms. The molecular weight excluding hydrogens is 532 g/mol. The fourth-order valence-corrected chi connectivity index (χ4v) is 7.28. The van der Waals surface area contributed by atoms with Crippen LogP contribution < -0.4 is 0 Å². The van der Waals surface area contributed by atoms with Crippen molar-refractivity contribution in [1.82, 2.24) is 9.97 Å². The topological polar surface area (TPSA) is 25.8 Å². The number of aromatic nitrogens is 2. The third kappa shape index (κ3) is 5.99. The van der Waals surface area contributed by atoms with Gasteiger partial charge in [-0.3, -0.25) is 4.98 Å². The highest BCUT2D eigenvalue weighted by molar-refractivity contribution is 7.15. The average molecular weight is 567 g/mol. The second kappa shape index (κ2) is 11.4. The number of benzene rings is 2. The van der Waals surface area contributed by atoms with Crippen LogP contribution in [0, 0.1) is 28.7 Å². The summed E-state index contributed by atoms with van der Waals surface area (Å²) in [5, 5.41) is 0.505. The van der Waals surface area contributed by atoms with Crippen LogP contribution in [0.5, 0.6) is 0 Å². The molecule has 210 valence electrons. The van der Waals surface area contributed by atoms with Gasteiger partial charge in [0.1, 0.15) is 28.3 Å². The number of nitrogens with zero attached hydrogens (tertiary/aromatic N) is 2. The third-order valence-electron chi connectivity index (χ3n) is 8.20. The van der Waals surface area contributed by atoms with Gasteiger partial charge in [0.15, 0.2) is 0 Å². The van der Waals surface area contributed by atoms with E-state index in [9.17, 15) is 17.6 Å².